The number of hydrogen-bond donors (Lipinski definition) is 2. The highest BCUT2D eigenvalue weighted by Gasteiger charge is 2.27. The third-order valence-electron chi connectivity index (χ3n) is 4.00. The van der Waals surface area contributed by atoms with Crippen LogP contribution in [0.2, 0.25) is 0 Å². The maximum Gasteiger partial charge on any atom is 0.345 e. The minimum atomic E-state index is -0.667. The van der Waals surface area contributed by atoms with Gasteiger partial charge in [-0.1, -0.05) is 0 Å². The number of nitrogens with two attached hydrogens (primary N) is 1. The van der Waals surface area contributed by atoms with Gasteiger partial charge in [0.25, 0.3) is 0 Å². The van der Waals surface area contributed by atoms with Gasteiger partial charge in [0.05, 0.1) is 5.56 Å². The van der Waals surface area contributed by atoms with Gasteiger partial charge in [0.15, 0.2) is 0 Å². The molecule has 0 bridgehead atoms. The van der Waals surface area contributed by atoms with Gasteiger partial charge >= 0.3 is 11.9 Å². The topological polar surface area (TPSA) is 90.7 Å². The minimum absolute atomic E-state index is 0.222. The lowest BCUT2D eigenvalue weighted by Gasteiger charge is -2.32. The summed E-state index contributed by atoms with van der Waals surface area (Å²) in [5.41, 5.74) is 8.45. The van der Waals surface area contributed by atoms with E-state index in [2.05, 4.69) is 17.0 Å². The Morgan fingerprint density at radius 1 is 1.16 bits per heavy atom. The van der Waals surface area contributed by atoms with E-state index in [-0.39, 0.29) is 12.1 Å². The van der Waals surface area contributed by atoms with Gasteiger partial charge in [-0.25, -0.2) is 4.79 Å². The zero-order chi connectivity index (χ0) is 18.0. The fraction of sp³-hybridized carbons (Fsp3) is 0.263. The molecule has 6 nitrogen and oxygen atoms in total. The van der Waals surface area contributed by atoms with Gasteiger partial charge < -0.3 is 20.5 Å². The first kappa shape index (κ1) is 16.8. The molecule has 3 rings (SSSR count). The summed E-state index contributed by atoms with van der Waals surface area (Å²) in [5.74, 6) is -0.597. The quantitative estimate of drug-likeness (QED) is 0.506. The Morgan fingerprint density at radius 3 is 2.56 bits per heavy atom. The molecule has 0 aromatic heterocycles. The molecule has 6 heteroatoms. The number of nitrogens with one attached hydrogen (secondary N) is 1. The summed E-state index contributed by atoms with van der Waals surface area (Å²) in [6.07, 6.45) is 0.516. The average molecular weight is 340 g/mol. The van der Waals surface area contributed by atoms with Crippen LogP contribution in [0.15, 0.2) is 42.5 Å². The van der Waals surface area contributed by atoms with E-state index in [9.17, 15) is 9.59 Å². The van der Waals surface area contributed by atoms with Crippen LogP contribution in [0.3, 0.4) is 0 Å². The molecule has 0 spiro atoms. The van der Waals surface area contributed by atoms with Crippen LogP contribution in [0.5, 0.6) is 5.75 Å². The predicted octanol–water partition coefficient (Wildman–Crippen LogP) is 3.30. The molecule has 2 unspecified atom stereocenters. The van der Waals surface area contributed by atoms with Gasteiger partial charge in [-0.15, -0.1) is 0 Å². The zero-order valence-electron chi connectivity index (χ0n) is 14.1. The van der Waals surface area contributed by atoms with E-state index in [0.717, 1.165) is 17.7 Å². The first-order valence-electron chi connectivity index (χ1n) is 8.08. The molecular weight excluding hydrogens is 320 g/mol. The van der Waals surface area contributed by atoms with Crippen molar-refractivity contribution < 1.29 is 19.1 Å². The monoisotopic (exact) mass is 340 g/mol. The van der Waals surface area contributed by atoms with E-state index >= 15 is 0 Å². The van der Waals surface area contributed by atoms with Gasteiger partial charge in [-0.05, 0) is 49.4 Å². The second kappa shape index (κ2) is 6.84. The Labute approximate surface area is 145 Å². The highest BCUT2D eigenvalue weighted by atomic mass is 16.6. The number of fused-ring (bicyclic) bond motifs is 1. The molecule has 25 heavy (non-hydrogen) atoms. The average Bonchev–Trinajstić information content (AvgIpc) is 2.56. The Morgan fingerprint density at radius 2 is 1.88 bits per heavy atom. The Hall–Kier alpha value is -3.02. The molecule has 1 heterocycles. The van der Waals surface area contributed by atoms with E-state index < -0.39 is 11.9 Å². The third kappa shape index (κ3) is 3.91. The minimum Gasteiger partial charge on any atom is -0.486 e. The molecule has 0 saturated carbocycles. The molecule has 2 aromatic carbocycles. The van der Waals surface area contributed by atoms with Crippen molar-refractivity contribution in [3.8, 4) is 5.75 Å². The highest BCUT2D eigenvalue weighted by molar-refractivity contribution is 5.96. The Balaban J connectivity index is 1.90. The molecule has 3 N–H and O–H groups in total. The van der Waals surface area contributed by atoms with Crippen LogP contribution in [0.4, 0.5) is 11.4 Å². The molecule has 2 atom stereocenters. The van der Waals surface area contributed by atoms with Crippen molar-refractivity contribution in [2.45, 2.75) is 32.4 Å². The number of carbonyl (C=O) groups is 2. The Bertz CT molecular complexity index is 802. The number of hydrogen-bond acceptors (Lipinski definition) is 6. The van der Waals surface area contributed by atoms with Gasteiger partial charge in [0, 0.05) is 36.3 Å². The van der Waals surface area contributed by atoms with Crippen molar-refractivity contribution in [1.29, 1.82) is 0 Å². The van der Waals surface area contributed by atoms with Gasteiger partial charge in [0.1, 0.15) is 11.9 Å². The fourth-order valence-electron chi connectivity index (χ4n) is 2.87. The zero-order valence-corrected chi connectivity index (χ0v) is 14.1. The van der Waals surface area contributed by atoms with E-state index in [4.69, 9.17) is 10.5 Å². The van der Waals surface area contributed by atoms with E-state index in [1.54, 1.807) is 30.3 Å². The van der Waals surface area contributed by atoms with Crippen molar-refractivity contribution in [3.05, 3.63) is 53.6 Å². The van der Waals surface area contributed by atoms with E-state index in [0.29, 0.717) is 17.0 Å². The van der Waals surface area contributed by atoms with E-state index in [1.165, 1.54) is 6.92 Å². The number of anilines is 2. The molecule has 0 radical (unpaired) electrons. The smallest absolute Gasteiger partial charge is 0.345 e. The second-order valence-electron chi connectivity index (χ2n) is 6.14. The van der Waals surface area contributed by atoms with Crippen molar-refractivity contribution in [2.24, 2.45) is 0 Å². The summed E-state index contributed by atoms with van der Waals surface area (Å²) in [4.78, 5) is 23.0. The largest absolute Gasteiger partial charge is 0.486 e. The molecule has 0 amide bonds. The van der Waals surface area contributed by atoms with Crippen LogP contribution in [0.25, 0.3) is 0 Å². The lowest BCUT2D eigenvalue weighted by molar-refractivity contribution is -0.135. The standard InChI is InChI=1S/C19H20N2O4/c1-11-9-18(25-15-6-4-14(20)5-7-15)16-10-13(3-8-17(16)21-11)19(23)24-12(2)22/h3-8,10-11,18,21H,9,20H2,1-2H3. The lowest BCUT2D eigenvalue weighted by Crippen LogP contribution is -2.28. The normalized spacial score (nSPS) is 18.6. The van der Waals surface area contributed by atoms with Gasteiger partial charge in [-0.3, -0.25) is 4.79 Å². The third-order valence-corrected chi connectivity index (χ3v) is 4.00. The number of carbonyl (C=O) groups excluding carboxylic acids is 2. The number of nitrogen functional groups attached to an aromatic ring is 1. The number of benzene rings is 2. The van der Waals surface area contributed by atoms with Crippen LogP contribution >= 0.6 is 0 Å². The van der Waals surface area contributed by atoms with Crippen LogP contribution in [-0.2, 0) is 9.53 Å². The van der Waals surface area contributed by atoms with Gasteiger partial charge in [0.2, 0.25) is 0 Å². The first-order chi connectivity index (χ1) is 11.9. The summed E-state index contributed by atoms with van der Waals surface area (Å²) in [7, 11) is 0. The number of esters is 2. The van der Waals surface area contributed by atoms with E-state index in [1.807, 2.05) is 12.1 Å². The molecule has 0 aliphatic carbocycles. The maximum atomic E-state index is 12.0. The number of ether oxygens (including phenoxy) is 2. The first-order valence-corrected chi connectivity index (χ1v) is 8.08. The van der Waals surface area contributed by atoms with Crippen molar-refractivity contribution in [3.63, 3.8) is 0 Å². The summed E-state index contributed by atoms with van der Waals surface area (Å²) in [6.45, 7) is 3.27. The summed E-state index contributed by atoms with van der Waals surface area (Å²) in [6, 6.07) is 12.6. The van der Waals surface area contributed by atoms with Crippen molar-refractivity contribution in [2.75, 3.05) is 11.1 Å². The number of rotatable bonds is 3. The second-order valence-corrected chi connectivity index (χ2v) is 6.14. The SMILES string of the molecule is CC(=O)OC(=O)c1ccc2c(c1)C(Oc1ccc(N)cc1)CC(C)N2. The molecule has 1 aliphatic rings. The van der Waals surface area contributed by atoms with Crippen LogP contribution in [0.1, 0.15) is 42.3 Å². The summed E-state index contributed by atoms with van der Waals surface area (Å²) in [5, 5.41) is 3.37. The van der Waals surface area contributed by atoms with Crippen LogP contribution < -0.4 is 15.8 Å². The predicted molar refractivity (Wildman–Crippen MR) is 94.5 cm³/mol. The summed E-state index contributed by atoms with van der Waals surface area (Å²) < 4.78 is 10.8. The molecule has 2 aromatic rings. The van der Waals surface area contributed by atoms with Crippen molar-refractivity contribution >= 4 is 23.3 Å². The molecule has 130 valence electrons. The Kier molecular flexibility index (Phi) is 4.61. The van der Waals surface area contributed by atoms with Gasteiger partial charge in [-0.2, -0.15) is 0 Å². The maximum absolute atomic E-state index is 12.0. The van der Waals surface area contributed by atoms with Crippen LogP contribution in [-0.4, -0.2) is 18.0 Å². The highest BCUT2D eigenvalue weighted by Crippen LogP contribution is 2.36. The van der Waals surface area contributed by atoms with Crippen LogP contribution in [0, 0.1) is 0 Å². The molecule has 1 aliphatic heterocycles. The fourth-order valence-corrected chi connectivity index (χ4v) is 2.87. The molecule has 0 fully saturated rings. The molecule has 0 saturated heterocycles. The summed E-state index contributed by atoms with van der Waals surface area (Å²) >= 11 is 0. The molecular formula is C19H20N2O4. The lowest BCUT2D eigenvalue weighted by atomic mass is 9.94. The van der Waals surface area contributed by atoms with Crippen molar-refractivity contribution in [1.82, 2.24) is 0 Å².